The molecule has 1 fully saturated rings. The molecule has 162 valence electrons. The molecule has 0 spiro atoms. The molecule has 1 aliphatic rings. The highest BCUT2D eigenvalue weighted by Gasteiger charge is 2.32. The van der Waals surface area contributed by atoms with Crippen LogP contribution in [0.1, 0.15) is 34.5 Å². The monoisotopic (exact) mass is 442 g/mol. The van der Waals surface area contributed by atoms with E-state index < -0.39 is 33.7 Å². The molecular weight excluding hydrogens is 421 g/mol. The number of carbonyl (C=O) groups is 1. The van der Waals surface area contributed by atoms with E-state index in [4.69, 9.17) is 4.74 Å². The van der Waals surface area contributed by atoms with Gasteiger partial charge in [-0.05, 0) is 36.8 Å². The molecule has 10 heteroatoms. The zero-order chi connectivity index (χ0) is 21.9. The topological polar surface area (TPSA) is 75.7 Å². The molecule has 1 N–H and O–H groups in total. The van der Waals surface area contributed by atoms with Crippen molar-refractivity contribution in [2.24, 2.45) is 0 Å². The average molecular weight is 442 g/mol. The van der Waals surface area contributed by atoms with Gasteiger partial charge in [0.25, 0.3) is 5.91 Å². The molecule has 2 aromatic carbocycles. The highest BCUT2D eigenvalue weighted by Crippen LogP contribution is 2.31. The van der Waals surface area contributed by atoms with Crippen LogP contribution >= 0.6 is 0 Å². The zero-order valence-electron chi connectivity index (χ0n) is 16.1. The van der Waals surface area contributed by atoms with Gasteiger partial charge in [0.05, 0.1) is 35.3 Å². The molecule has 1 heterocycles. The van der Waals surface area contributed by atoms with Gasteiger partial charge in [0.2, 0.25) is 10.0 Å². The summed E-state index contributed by atoms with van der Waals surface area (Å²) in [5.74, 6) is -0.688. The van der Waals surface area contributed by atoms with E-state index in [1.165, 1.54) is 47.6 Å². The predicted molar refractivity (Wildman–Crippen MR) is 103 cm³/mol. The Labute approximate surface area is 172 Å². The first kappa shape index (κ1) is 22.3. The maximum atomic E-state index is 13.0. The van der Waals surface area contributed by atoms with Crippen LogP contribution in [0.5, 0.6) is 0 Å². The molecule has 0 bridgehead atoms. The third-order valence-corrected chi connectivity index (χ3v) is 6.74. The van der Waals surface area contributed by atoms with Gasteiger partial charge in [-0.15, -0.1) is 0 Å². The maximum absolute atomic E-state index is 13.0. The van der Waals surface area contributed by atoms with Crippen LogP contribution in [-0.4, -0.2) is 44.9 Å². The van der Waals surface area contributed by atoms with Gasteiger partial charge in [0, 0.05) is 13.1 Å². The summed E-state index contributed by atoms with van der Waals surface area (Å²) in [4.78, 5) is 12.7. The van der Waals surface area contributed by atoms with Crippen molar-refractivity contribution >= 4 is 15.9 Å². The Morgan fingerprint density at radius 2 is 1.77 bits per heavy atom. The van der Waals surface area contributed by atoms with Gasteiger partial charge >= 0.3 is 6.18 Å². The van der Waals surface area contributed by atoms with Gasteiger partial charge in [0.1, 0.15) is 0 Å². The van der Waals surface area contributed by atoms with E-state index in [1.54, 1.807) is 0 Å². The van der Waals surface area contributed by atoms with E-state index in [0.717, 1.165) is 12.1 Å². The van der Waals surface area contributed by atoms with Crippen molar-refractivity contribution in [3.05, 3.63) is 65.2 Å². The number of carbonyl (C=O) groups excluding carboxylic acids is 1. The molecule has 2 aromatic rings. The van der Waals surface area contributed by atoms with Crippen LogP contribution in [0.25, 0.3) is 0 Å². The molecule has 0 radical (unpaired) electrons. The molecule has 3 rings (SSSR count). The molecule has 0 aromatic heterocycles. The van der Waals surface area contributed by atoms with Crippen LogP contribution in [0.4, 0.5) is 13.2 Å². The largest absolute Gasteiger partial charge is 0.416 e. The van der Waals surface area contributed by atoms with Crippen LogP contribution in [0.3, 0.4) is 0 Å². The highest BCUT2D eigenvalue weighted by molar-refractivity contribution is 7.89. The van der Waals surface area contributed by atoms with Crippen LogP contribution in [0.15, 0.2) is 53.4 Å². The second-order valence-electron chi connectivity index (χ2n) is 6.83. The number of ether oxygens (including phenoxy) is 1. The summed E-state index contributed by atoms with van der Waals surface area (Å²) in [6, 6.07) is 9.63. The molecule has 1 atom stereocenters. The van der Waals surface area contributed by atoms with Crippen molar-refractivity contribution in [3.8, 4) is 0 Å². The summed E-state index contributed by atoms with van der Waals surface area (Å²) in [6.45, 7) is 2.42. The Kier molecular flexibility index (Phi) is 6.49. The van der Waals surface area contributed by atoms with Crippen LogP contribution in [-0.2, 0) is 20.9 Å². The first-order valence-electron chi connectivity index (χ1n) is 9.25. The van der Waals surface area contributed by atoms with Gasteiger partial charge in [-0.3, -0.25) is 4.79 Å². The first-order valence-corrected chi connectivity index (χ1v) is 10.7. The van der Waals surface area contributed by atoms with E-state index in [-0.39, 0.29) is 42.3 Å². The molecule has 1 saturated heterocycles. The number of nitrogens with one attached hydrogen (secondary N) is 1. The van der Waals surface area contributed by atoms with Crippen molar-refractivity contribution in [3.63, 3.8) is 0 Å². The van der Waals surface area contributed by atoms with Gasteiger partial charge < -0.3 is 10.1 Å². The fraction of sp³-hybridized carbons (Fsp3) is 0.350. The van der Waals surface area contributed by atoms with Crippen molar-refractivity contribution in [1.82, 2.24) is 9.62 Å². The van der Waals surface area contributed by atoms with E-state index in [0.29, 0.717) is 0 Å². The molecule has 0 saturated carbocycles. The minimum atomic E-state index is -4.50. The molecular formula is C20H21F3N2O4S. The molecule has 30 heavy (non-hydrogen) atoms. The molecule has 6 nitrogen and oxygen atoms in total. The number of rotatable bonds is 5. The number of hydrogen-bond acceptors (Lipinski definition) is 4. The summed E-state index contributed by atoms with van der Waals surface area (Å²) < 4.78 is 71.3. The van der Waals surface area contributed by atoms with E-state index in [9.17, 15) is 26.4 Å². The Balaban J connectivity index is 1.85. The Bertz CT molecular complexity index is 1020. The number of alkyl halides is 3. The normalized spacial score (nSPS) is 16.8. The summed E-state index contributed by atoms with van der Waals surface area (Å²) in [6.07, 6.45) is -4.50. The van der Waals surface area contributed by atoms with Crippen molar-refractivity contribution in [2.75, 3.05) is 26.3 Å². The number of nitrogens with zero attached hydrogens (tertiary/aromatic N) is 1. The molecule has 1 unspecified atom stereocenters. The molecule has 0 aliphatic carbocycles. The standard InChI is InChI=1S/C20H21F3N2O4S/c1-14(15-5-4-6-16(13-15)20(21,22)23)24-19(26)17-7-2-3-8-18(17)30(27,28)25-9-11-29-12-10-25/h2-8,13-14H,9-12H2,1H3,(H,24,26). The second-order valence-corrected chi connectivity index (χ2v) is 8.74. The van der Waals surface area contributed by atoms with Crippen molar-refractivity contribution in [1.29, 1.82) is 0 Å². The predicted octanol–water partition coefficient (Wildman–Crippen LogP) is 3.22. The van der Waals surface area contributed by atoms with E-state index in [1.807, 2.05) is 0 Å². The number of morpholine rings is 1. The quantitative estimate of drug-likeness (QED) is 0.772. The lowest BCUT2D eigenvalue weighted by Gasteiger charge is -2.27. The van der Waals surface area contributed by atoms with Crippen molar-refractivity contribution < 1.29 is 31.1 Å². The second kappa shape index (κ2) is 8.75. The summed E-state index contributed by atoms with van der Waals surface area (Å²) in [5.41, 5.74) is -0.633. The number of hydrogen-bond donors (Lipinski definition) is 1. The number of amides is 1. The van der Waals surface area contributed by atoms with Gasteiger partial charge in [-0.25, -0.2) is 8.42 Å². The van der Waals surface area contributed by atoms with Gasteiger partial charge in [-0.2, -0.15) is 17.5 Å². The maximum Gasteiger partial charge on any atom is 0.416 e. The lowest BCUT2D eigenvalue weighted by molar-refractivity contribution is -0.137. The third kappa shape index (κ3) is 4.82. The zero-order valence-corrected chi connectivity index (χ0v) is 17.0. The Morgan fingerprint density at radius 3 is 2.43 bits per heavy atom. The summed E-state index contributed by atoms with van der Waals surface area (Å²) in [5, 5.41) is 2.59. The number of benzene rings is 2. The lowest BCUT2D eigenvalue weighted by Crippen LogP contribution is -2.41. The summed E-state index contributed by atoms with van der Waals surface area (Å²) in [7, 11) is -3.92. The van der Waals surface area contributed by atoms with E-state index >= 15 is 0 Å². The Morgan fingerprint density at radius 1 is 1.10 bits per heavy atom. The number of halogens is 3. The SMILES string of the molecule is CC(NC(=O)c1ccccc1S(=O)(=O)N1CCOCC1)c1cccc(C(F)(F)F)c1. The first-order chi connectivity index (χ1) is 14.1. The highest BCUT2D eigenvalue weighted by atomic mass is 32.2. The summed E-state index contributed by atoms with van der Waals surface area (Å²) >= 11 is 0. The minimum absolute atomic E-state index is 0.0668. The average Bonchev–Trinajstić information content (AvgIpc) is 2.73. The molecule has 1 amide bonds. The fourth-order valence-electron chi connectivity index (χ4n) is 3.15. The Hall–Kier alpha value is -2.43. The van der Waals surface area contributed by atoms with Crippen LogP contribution in [0.2, 0.25) is 0 Å². The van der Waals surface area contributed by atoms with Crippen molar-refractivity contribution in [2.45, 2.75) is 24.0 Å². The third-order valence-electron chi connectivity index (χ3n) is 4.78. The van der Waals surface area contributed by atoms with E-state index in [2.05, 4.69) is 5.32 Å². The van der Waals surface area contributed by atoms with Crippen LogP contribution < -0.4 is 5.32 Å². The fourth-order valence-corrected chi connectivity index (χ4v) is 4.74. The molecule has 1 aliphatic heterocycles. The van der Waals surface area contributed by atoms with Crippen LogP contribution in [0, 0.1) is 0 Å². The lowest BCUT2D eigenvalue weighted by atomic mass is 10.0. The minimum Gasteiger partial charge on any atom is -0.379 e. The van der Waals surface area contributed by atoms with Gasteiger partial charge in [-0.1, -0.05) is 24.3 Å². The van der Waals surface area contributed by atoms with Gasteiger partial charge in [0.15, 0.2) is 0 Å². The number of sulfonamides is 1. The smallest absolute Gasteiger partial charge is 0.379 e.